The third-order valence-corrected chi connectivity index (χ3v) is 2.57. The number of nitrogens with zero attached hydrogens (tertiary/aromatic N) is 1. The van der Waals surface area contributed by atoms with Crippen LogP contribution in [0.2, 0.25) is 0 Å². The van der Waals surface area contributed by atoms with E-state index in [2.05, 4.69) is 22.5 Å². The van der Waals surface area contributed by atoms with Crippen molar-refractivity contribution in [3.8, 4) is 0 Å². The molecule has 1 amide bonds. The van der Waals surface area contributed by atoms with Crippen molar-refractivity contribution in [3.63, 3.8) is 0 Å². The van der Waals surface area contributed by atoms with Gasteiger partial charge in [0.2, 0.25) is 5.91 Å². The molecular weight excluding hydrogens is 214 g/mol. The topological polar surface area (TPSA) is 54.0 Å². The van der Waals surface area contributed by atoms with Crippen LogP contribution < -0.4 is 10.6 Å². The van der Waals surface area contributed by atoms with E-state index in [4.69, 9.17) is 0 Å². The fourth-order valence-corrected chi connectivity index (χ4v) is 1.39. The number of aryl methyl sites for hydroxylation is 1. The third-order valence-electron chi connectivity index (χ3n) is 2.57. The fourth-order valence-electron chi connectivity index (χ4n) is 1.39. The van der Waals surface area contributed by atoms with Gasteiger partial charge >= 0.3 is 0 Å². The van der Waals surface area contributed by atoms with Gasteiger partial charge in [-0.2, -0.15) is 0 Å². The number of rotatable bonds is 6. The average Bonchev–Trinajstić information content (AvgIpc) is 2.29. The summed E-state index contributed by atoms with van der Waals surface area (Å²) in [7, 11) is 0. The smallest absolute Gasteiger partial charge is 0.221 e. The molecule has 1 rings (SSSR count). The second-order valence-corrected chi connectivity index (χ2v) is 4.22. The van der Waals surface area contributed by atoms with E-state index in [9.17, 15) is 4.79 Å². The van der Waals surface area contributed by atoms with E-state index >= 15 is 0 Å². The fraction of sp³-hybridized carbons (Fsp3) is 0.538. The molecular formula is C13H21N3O. The Balaban J connectivity index is 2.26. The first kappa shape index (κ1) is 13.5. The van der Waals surface area contributed by atoms with Crippen LogP contribution in [0.15, 0.2) is 18.2 Å². The molecule has 1 unspecified atom stereocenters. The lowest BCUT2D eigenvalue weighted by Crippen LogP contribution is -2.33. The largest absolute Gasteiger partial charge is 0.370 e. The van der Waals surface area contributed by atoms with E-state index in [0.717, 1.165) is 17.9 Å². The normalized spacial score (nSPS) is 11.9. The van der Waals surface area contributed by atoms with Crippen LogP contribution >= 0.6 is 0 Å². The number of aromatic nitrogens is 1. The number of hydrogen-bond donors (Lipinski definition) is 2. The van der Waals surface area contributed by atoms with Crippen LogP contribution in [0, 0.1) is 6.92 Å². The van der Waals surface area contributed by atoms with Gasteiger partial charge in [0.15, 0.2) is 0 Å². The maximum absolute atomic E-state index is 11.5. The molecule has 17 heavy (non-hydrogen) atoms. The zero-order valence-electron chi connectivity index (χ0n) is 10.8. The minimum Gasteiger partial charge on any atom is -0.370 e. The third kappa shape index (κ3) is 5.33. The van der Waals surface area contributed by atoms with Crippen molar-refractivity contribution in [1.29, 1.82) is 0 Å². The van der Waals surface area contributed by atoms with Crippen molar-refractivity contribution in [1.82, 2.24) is 10.3 Å². The van der Waals surface area contributed by atoms with Gasteiger partial charge in [-0.1, -0.05) is 13.0 Å². The lowest BCUT2D eigenvalue weighted by molar-refractivity contribution is -0.121. The van der Waals surface area contributed by atoms with Gasteiger partial charge in [0, 0.05) is 24.7 Å². The lowest BCUT2D eigenvalue weighted by Gasteiger charge is -2.11. The highest BCUT2D eigenvalue weighted by Gasteiger charge is 2.04. The van der Waals surface area contributed by atoms with Crippen LogP contribution in [-0.4, -0.2) is 23.5 Å². The zero-order valence-corrected chi connectivity index (χ0v) is 10.8. The van der Waals surface area contributed by atoms with Gasteiger partial charge in [-0.25, -0.2) is 4.98 Å². The van der Waals surface area contributed by atoms with Crippen LogP contribution in [-0.2, 0) is 4.79 Å². The monoisotopic (exact) mass is 235 g/mol. The number of anilines is 1. The molecule has 4 heteroatoms. The predicted octanol–water partition coefficient (Wildman–Crippen LogP) is 2.11. The number of carbonyl (C=O) groups excluding carboxylic acids is 1. The van der Waals surface area contributed by atoms with E-state index in [1.165, 1.54) is 0 Å². The van der Waals surface area contributed by atoms with Gasteiger partial charge in [0.25, 0.3) is 0 Å². The van der Waals surface area contributed by atoms with E-state index in [0.29, 0.717) is 13.0 Å². The molecule has 0 saturated carbocycles. The summed E-state index contributed by atoms with van der Waals surface area (Å²) < 4.78 is 0. The molecule has 94 valence electrons. The summed E-state index contributed by atoms with van der Waals surface area (Å²) >= 11 is 0. The van der Waals surface area contributed by atoms with E-state index in [1.807, 2.05) is 32.0 Å². The summed E-state index contributed by atoms with van der Waals surface area (Å²) in [4.78, 5) is 15.8. The predicted molar refractivity (Wildman–Crippen MR) is 70.0 cm³/mol. The van der Waals surface area contributed by atoms with Crippen molar-refractivity contribution >= 4 is 11.7 Å². The maximum Gasteiger partial charge on any atom is 0.221 e. The number of hydrogen-bond acceptors (Lipinski definition) is 3. The molecule has 0 fully saturated rings. The van der Waals surface area contributed by atoms with Gasteiger partial charge in [-0.3, -0.25) is 4.79 Å². The average molecular weight is 235 g/mol. The van der Waals surface area contributed by atoms with Crippen LogP contribution in [0.5, 0.6) is 0 Å². The van der Waals surface area contributed by atoms with E-state index in [-0.39, 0.29) is 11.9 Å². The highest BCUT2D eigenvalue weighted by atomic mass is 16.1. The van der Waals surface area contributed by atoms with Crippen molar-refractivity contribution in [2.45, 2.75) is 39.7 Å². The quantitative estimate of drug-likeness (QED) is 0.794. The van der Waals surface area contributed by atoms with E-state index < -0.39 is 0 Å². The molecule has 0 radical (unpaired) electrons. The molecule has 0 aliphatic heterocycles. The summed E-state index contributed by atoms with van der Waals surface area (Å²) in [5.41, 5.74) is 0.971. The summed E-state index contributed by atoms with van der Waals surface area (Å²) in [6.07, 6.45) is 1.43. The van der Waals surface area contributed by atoms with Gasteiger partial charge in [-0.05, 0) is 32.4 Å². The molecule has 0 aromatic carbocycles. The van der Waals surface area contributed by atoms with Gasteiger partial charge in [0.1, 0.15) is 5.82 Å². The summed E-state index contributed by atoms with van der Waals surface area (Å²) in [6.45, 7) is 6.62. The second kappa shape index (κ2) is 6.89. The maximum atomic E-state index is 11.5. The molecule has 0 spiro atoms. The molecule has 0 aliphatic carbocycles. The van der Waals surface area contributed by atoms with Crippen molar-refractivity contribution in [3.05, 3.63) is 23.9 Å². The van der Waals surface area contributed by atoms with Crippen LogP contribution in [0.25, 0.3) is 0 Å². The summed E-state index contributed by atoms with van der Waals surface area (Å²) in [5.74, 6) is 0.904. The highest BCUT2D eigenvalue weighted by Crippen LogP contribution is 2.03. The number of carbonyl (C=O) groups is 1. The highest BCUT2D eigenvalue weighted by molar-refractivity contribution is 5.76. The van der Waals surface area contributed by atoms with Crippen LogP contribution in [0.1, 0.15) is 32.4 Å². The number of nitrogens with one attached hydrogen (secondary N) is 2. The Labute approximate surface area is 103 Å². The molecule has 0 saturated heterocycles. The lowest BCUT2D eigenvalue weighted by atomic mass is 10.2. The van der Waals surface area contributed by atoms with E-state index in [1.54, 1.807) is 0 Å². The summed E-state index contributed by atoms with van der Waals surface area (Å²) in [5, 5.41) is 6.06. The van der Waals surface area contributed by atoms with Crippen molar-refractivity contribution < 1.29 is 4.79 Å². The summed E-state index contributed by atoms with van der Waals surface area (Å²) in [6, 6.07) is 6.05. The first-order valence-electron chi connectivity index (χ1n) is 6.08. The molecule has 2 N–H and O–H groups in total. The van der Waals surface area contributed by atoms with Gasteiger partial charge in [0.05, 0.1) is 0 Å². The molecule has 1 aromatic heterocycles. The molecule has 0 aliphatic rings. The van der Waals surface area contributed by atoms with Gasteiger partial charge in [-0.15, -0.1) is 0 Å². The first-order valence-corrected chi connectivity index (χ1v) is 6.08. The zero-order chi connectivity index (χ0) is 12.7. The SMILES string of the molecule is CCC(C)NC(=O)CCNc1cccc(C)n1. The number of pyridine rings is 1. The Kier molecular flexibility index (Phi) is 5.46. The van der Waals surface area contributed by atoms with Crippen LogP contribution in [0.4, 0.5) is 5.82 Å². The Morgan fingerprint density at radius 3 is 2.88 bits per heavy atom. The standard InChI is InChI=1S/C13H21N3O/c1-4-10(2)16-13(17)8-9-14-12-7-5-6-11(3)15-12/h5-7,10H,4,8-9H2,1-3H3,(H,14,15)(H,16,17). The molecule has 0 bridgehead atoms. The number of amides is 1. The minimum absolute atomic E-state index is 0.0829. The molecule has 1 atom stereocenters. The Morgan fingerprint density at radius 2 is 2.24 bits per heavy atom. The Bertz CT molecular complexity index is 365. The molecule has 1 aromatic rings. The Hall–Kier alpha value is -1.58. The van der Waals surface area contributed by atoms with Gasteiger partial charge < -0.3 is 10.6 Å². The molecule has 4 nitrogen and oxygen atoms in total. The minimum atomic E-state index is 0.0829. The van der Waals surface area contributed by atoms with Crippen molar-refractivity contribution in [2.75, 3.05) is 11.9 Å². The van der Waals surface area contributed by atoms with Crippen LogP contribution in [0.3, 0.4) is 0 Å². The Morgan fingerprint density at radius 1 is 1.47 bits per heavy atom. The second-order valence-electron chi connectivity index (χ2n) is 4.22. The first-order chi connectivity index (χ1) is 8.11. The molecule has 1 heterocycles. The van der Waals surface area contributed by atoms with Crippen molar-refractivity contribution in [2.24, 2.45) is 0 Å².